The van der Waals surface area contributed by atoms with E-state index in [0.717, 1.165) is 67.5 Å². The molecule has 0 spiro atoms. The molecule has 0 bridgehead atoms. The van der Waals surface area contributed by atoms with E-state index in [-0.39, 0.29) is 18.2 Å². The second-order valence-electron chi connectivity index (χ2n) is 12.8. The van der Waals surface area contributed by atoms with E-state index in [1.54, 1.807) is 12.0 Å². The normalized spacial score (nSPS) is 21.0. The minimum atomic E-state index is -0.477. The monoisotopic (exact) mass is 578 g/mol. The highest BCUT2D eigenvalue weighted by atomic mass is 16.6. The molecule has 2 fully saturated rings. The molecule has 10 heteroatoms. The van der Waals surface area contributed by atoms with Crippen LogP contribution >= 0.6 is 0 Å². The Morgan fingerprint density at radius 1 is 1.10 bits per heavy atom. The van der Waals surface area contributed by atoms with E-state index in [1.165, 1.54) is 5.56 Å². The van der Waals surface area contributed by atoms with Crippen LogP contribution in [0.15, 0.2) is 36.7 Å². The molecule has 1 atom stereocenters. The average molecular weight is 579 g/mol. The van der Waals surface area contributed by atoms with Gasteiger partial charge >= 0.3 is 6.09 Å². The van der Waals surface area contributed by atoms with Gasteiger partial charge in [-0.15, -0.1) is 0 Å². The quantitative estimate of drug-likeness (QED) is 0.382. The fourth-order valence-corrected chi connectivity index (χ4v) is 5.92. The van der Waals surface area contributed by atoms with Gasteiger partial charge in [-0.1, -0.05) is 24.3 Å². The van der Waals surface area contributed by atoms with Crippen LogP contribution in [-0.4, -0.2) is 93.2 Å². The second kappa shape index (κ2) is 13.0. The Morgan fingerprint density at radius 2 is 1.79 bits per heavy atom. The first kappa shape index (κ1) is 30.3. The Hall–Kier alpha value is -3.21. The number of aromatic nitrogens is 3. The lowest BCUT2D eigenvalue weighted by atomic mass is 9.93. The molecule has 2 N–H and O–H groups in total. The van der Waals surface area contributed by atoms with Crippen molar-refractivity contribution < 1.29 is 19.4 Å². The van der Waals surface area contributed by atoms with Crippen LogP contribution in [0.1, 0.15) is 65.0 Å². The van der Waals surface area contributed by atoms with Crippen LogP contribution in [0.2, 0.25) is 0 Å². The summed E-state index contributed by atoms with van der Waals surface area (Å²) in [6.45, 7) is 12.1. The molecule has 3 aromatic rings. The van der Waals surface area contributed by atoms with Gasteiger partial charge < -0.3 is 29.4 Å². The van der Waals surface area contributed by atoms with Gasteiger partial charge in [0.25, 0.3) is 0 Å². The van der Waals surface area contributed by atoms with Crippen molar-refractivity contribution in [2.24, 2.45) is 0 Å². The molecule has 5 rings (SSSR count). The first-order valence-corrected chi connectivity index (χ1v) is 15.2. The number of ether oxygens (including phenoxy) is 2. The molecule has 1 aromatic carbocycles. The number of aliphatic hydroxyl groups is 1. The smallest absolute Gasteiger partial charge is 0.410 e. The molecular formula is C32H46N6O4. The highest BCUT2D eigenvalue weighted by Gasteiger charge is 2.27. The first-order valence-electron chi connectivity index (χ1n) is 15.2. The molecule has 42 heavy (non-hydrogen) atoms. The van der Waals surface area contributed by atoms with E-state index in [0.29, 0.717) is 31.7 Å². The highest BCUT2D eigenvalue weighted by Crippen LogP contribution is 2.37. The maximum Gasteiger partial charge on any atom is 0.410 e. The third kappa shape index (κ3) is 7.40. The van der Waals surface area contributed by atoms with E-state index in [9.17, 15) is 9.90 Å². The number of anilines is 1. The van der Waals surface area contributed by atoms with Crippen LogP contribution in [0.25, 0.3) is 22.2 Å². The van der Waals surface area contributed by atoms with Crippen LogP contribution in [0, 0.1) is 0 Å². The maximum atomic E-state index is 12.4. The lowest BCUT2D eigenvalue weighted by Crippen LogP contribution is -2.49. The molecule has 1 amide bonds. The highest BCUT2D eigenvalue weighted by molar-refractivity contribution is 5.94. The molecule has 1 saturated heterocycles. The van der Waals surface area contributed by atoms with Gasteiger partial charge in [-0.25, -0.2) is 9.78 Å². The predicted molar refractivity (Wildman–Crippen MR) is 165 cm³/mol. The number of fused-ring (bicyclic) bond motifs is 1. The van der Waals surface area contributed by atoms with Gasteiger partial charge in [-0.3, -0.25) is 4.90 Å². The van der Waals surface area contributed by atoms with Gasteiger partial charge in [-0.2, -0.15) is 4.98 Å². The van der Waals surface area contributed by atoms with Crippen molar-refractivity contribution in [1.29, 1.82) is 0 Å². The minimum absolute atomic E-state index is 0.0907. The predicted octanol–water partition coefficient (Wildman–Crippen LogP) is 5.07. The number of hydrogen-bond donors (Lipinski definition) is 2. The summed E-state index contributed by atoms with van der Waals surface area (Å²) >= 11 is 0. The fourth-order valence-electron chi connectivity index (χ4n) is 5.92. The van der Waals surface area contributed by atoms with Crippen molar-refractivity contribution >= 4 is 23.1 Å². The standard InChI is InChI=1S/C32H46N6O4/c1-22(21-41-5)34-30-33-18-27-28(20-38(29(27)35-30)25-10-12-26(39)13-11-25)24-8-6-23(7-9-24)19-36-14-16-37(17-15-36)31(40)42-32(2,3)4/h6-9,18,20,22,25-26,39H,10-17,19,21H2,1-5H3,(H,33,34,35)/t22-,25?,26?/m1/s1. The number of rotatable bonds is 8. The lowest BCUT2D eigenvalue weighted by Gasteiger charge is -2.35. The van der Waals surface area contributed by atoms with Crippen molar-refractivity contribution in [3.05, 3.63) is 42.2 Å². The van der Waals surface area contributed by atoms with Crippen LogP contribution in [0.4, 0.5) is 10.7 Å². The Kier molecular flexibility index (Phi) is 9.35. The summed E-state index contributed by atoms with van der Waals surface area (Å²) in [7, 11) is 1.69. The summed E-state index contributed by atoms with van der Waals surface area (Å²) in [5.41, 5.74) is 3.93. The molecule has 10 nitrogen and oxygen atoms in total. The maximum absolute atomic E-state index is 12.4. The number of methoxy groups -OCH3 is 1. The van der Waals surface area contributed by atoms with E-state index in [2.05, 4.69) is 50.2 Å². The summed E-state index contributed by atoms with van der Waals surface area (Å²) in [6.07, 6.45) is 7.17. The number of hydrogen-bond acceptors (Lipinski definition) is 8. The number of amides is 1. The van der Waals surface area contributed by atoms with Crippen LogP contribution in [-0.2, 0) is 16.0 Å². The molecule has 3 heterocycles. The zero-order chi connectivity index (χ0) is 29.9. The zero-order valence-electron chi connectivity index (χ0n) is 25.7. The molecule has 1 aliphatic heterocycles. The van der Waals surface area contributed by atoms with Crippen molar-refractivity contribution in [1.82, 2.24) is 24.3 Å². The van der Waals surface area contributed by atoms with Crippen molar-refractivity contribution in [3.8, 4) is 11.1 Å². The minimum Gasteiger partial charge on any atom is -0.444 e. The zero-order valence-corrected chi connectivity index (χ0v) is 25.7. The van der Waals surface area contributed by atoms with Crippen LogP contribution in [0.3, 0.4) is 0 Å². The molecular weight excluding hydrogens is 532 g/mol. The SMILES string of the molecule is COC[C@@H](C)Nc1ncc2c(-c3ccc(CN4CCN(C(=O)OC(C)(C)C)CC4)cc3)cn(C3CCC(O)CC3)c2n1. The lowest BCUT2D eigenvalue weighted by molar-refractivity contribution is 0.0139. The van der Waals surface area contributed by atoms with E-state index in [1.807, 2.05) is 33.9 Å². The first-order chi connectivity index (χ1) is 20.1. The Morgan fingerprint density at radius 3 is 2.43 bits per heavy atom. The Balaban J connectivity index is 1.31. The van der Waals surface area contributed by atoms with Crippen LogP contribution in [0.5, 0.6) is 0 Å². The molecule has 1 saturated carbocycles. The fraction of sp³-hybridized carbons (Fsp3) is 0.594. The summed E-state index contributed by atoms with van der Waals surface area (Å²) in [5.74, 6) is 0.593. The van der Waals surface area contributed by atoms with E-state index in [4.69, 9.17) is 14.5 Å². The number of nitrogens with zero attached hydrogens (tertiary/aromatic N) is 5. The van der Waals surface area contributed by atoms with Gasteiger partial charge in [0.1, 0.15) is 11.2 Å². The average Bonchev–Trinajstić information content (AvgIpc) is 3.32. The van der Waals surface area contributed by atoms with Crippen molar-refractivity contribution in [3.63, 3.8) is 0 Å². The Bertz CT molecular complexity index is 1340. The molecule has 2 aliphatic rings. The van der Waals surface area contributed by atoms with E-state index < -0.39 is 5.60 Å². The summed E-state index contributed by atoms with van der Waals surface area (Å²) in [5, 5.41) is 14.5. The van der Waals surface area contributed by atoms with Gasteiger partial charge in [0, 0.05) is 75.3 Å². The van der Waals surface area contributed by atoms with Gasteiger partial charge in [0.2, 0.25) is 5.95 Å². The topological polar surface area (TPSA) is 105 Å². The second-order valence-corrected chi connectivity index (χ2v) is 12.8. The molecule has 0 radical (unpaired) electrons. The number of nitrogens with one attached hydrogen (secondary N) is 1. The Labute approximate surface area is 249 Å². The number of benzene rings is 1. The number of aliphatic hydroxyl groups excluding tert-OH is 1. The molecule has 1 aliphatic carbocycles. The molecule has 0 unspecified atom stereocenters. The summed E-state index contributed by atoms with van der Waals surface area (Å²) in [6, 6.07) is 9.14. The number of carbonyl (C=O) groups excluding carboxylic acids is 1. The summed E-state index contributed by atoms with van der Waals surface area (Å²) < 4.78 is 13.1. The largest absolute Gasteiger partial charge is 0.444 e. The third-order valence-electron chi connectivity index (χ3n) is 8.12. The van der Waals surface area contributed by atoms with Crippen molar-refractivity contribution in [2.45, 2.75) is 83.7 Å². The van der Waals surface area contributed by atoms with Crippen molar-refractivity contribution in [2.75, 3.05) is 45.2 Å². The van der Waals surface area contributed by atoms with Gasteiger partial charge in [0.15, 0.2) is 0 Å². The third-order valence-corrected chi connectivity index (χ3v) is 8.12. The van der Waals surface area contributed by atoms with E-state index >= 15 is 0 Å². The molecule has 2 aromatic heterocycles. The molecule has 228 valence electrons. The van der Waals surface area contributed by atoms with Gasteiger partial charge in [-0.05, 0) is 64.5 Å². The summed E-state index contributed by atoms with van der Waals surface area (Å²) in [4.78, 5) is 26.2. The van der Waals surface area contributed by atoms with Crippen LogP contribution < -0.4 is 5.32 Å². The van der Waals surface area contributed by atoms with Gasteiger partial charge in [0.05, 0.1) is 12.7 Å². The number of piperazine rings is 1. The number of carbonyl (C=O) groups is 1.